The largest absolute Gasteiger partial charge is 0.389 e. The molecular formula is C14H18FNO3. The van der Waals surface area contributed by atoms with Crippen LogP contribution < -0.4 is 0 Å². The van der Waals surface area contributed by atoms with Crippen molar-refractivity contribution < 1.29 is 19.0 Å². The van der Waals surface area contributed by atoms with E-state index in [2.05, 4.69) is 0 Å². The number of hydrogen-bond acceptors (Lipinski definition) is 3. The summed E-state index contributed by atoms with van der Waals surface area (Å²) in [6.07, 6.45) is 2.15. The lowest BCUT2D eigenvalue weighted by molar-refractivity contribution is -0.126. The highest BCUT2D eigenvalue weighted by atomic mass is 19.1. The van der Waals surface area contributed by atoms with Crippen LogP contribution in [0.15, 0.2) is 30.3 Å². The van der Waals surface area contributed by atoms with E-state index in [1.165, 1.54) is 36.3 Å². The molecule has 1 N–H and O–H groups in total. The van der Waals surface area contributed by atoms with Gasteiger partial charge in [-0.05, 0) is 23.8 Å². The molecule has 0 saturated heterocycles. The lowest BCUT2D eigenvalue weighted by atomic mass is 10.2. The van der Waals surface area contributed by atoms with E-state index in [-0.39, 0.29) is 24.9 Å². The highest BCUT2D eigenvalue weighted by molar-refractivity contribution is 5.91. The highest BCUT2D eigenvalue weighted by Gasteiger charge is 2.11. The summed E-state index contributed by atoms with van der Waals surface area (Å²) in [6, 6.07) is 5.95. The van der Waals surface area contributed by atoms with Crippen LogP contribution >= 0.6 is 0 Å². The standard InChI is InChI=1S/C14H18FNO3/c1-16(9-13(17)10-19-2)14(18)7-6-11-4-3-5-12(15)8-11/h3-8,13,17H,9-10H2,1-2H3/b7-6+. The number of hydrogen-bond donors (Lipinski definition) is 1. The minimum atomic E-state index is -0.721. The molecule has 0 aliphatic carbocycles. The van der Waals surface area contributed by atoms with E-state index < -0.39 is 6.10 Å². The Bertz CT molecular complexity index is 448. The maximum absolute atomic E-state index is 12.9. The van der Waals surface area contributed by atoms with Gasteiger partial charge in [-0.2, -0.15) is 0 Å². The summed E-state index contributed by atoms with van der Waals surface area (Å²) in [4.78, 5) is 13.1. The van der Waals surface area contributed by atoms with Gasteiger partial charge in [-0.1, -0.05) is 12.1 Å². The van der Waals surface area contributed by atoms with Crippen molar-refractivity contribution in [2.45, 2.75) is 6.10 Å². The molecule has 1 rings (SSSR count). The molecule has 0 aromatic heterocycles. The molecule has 0 aliphatic rings. The third-order valence-electron chi connectivity index (χ3n) is 2.49. The molecule has 1 aromatic carbocycles. The molecule has 0 bridgehead atoms. The van der Waals surface area contributed by atoms with Gasteiger partial charge in [0.25, 0.3) is 0 Å². The molecule has 1 aromatic rings. The van der Waals surface area contributed by atoms with Crippen LogP contribution in [0.1, 0.15) is 5.56 Å². The molecule has 0 aliphatic heterocycles. The smallest absolute Gasteiger partial charge is 0.246 e. The number of nitrogens with zero attached hydrogens (tertiary/aromatic N) is 1. The number of amides is 1. The van der Waals surface area contributed by atoms with E-state index in [4.69, 9.17) is 4.74 Å². The molecule has 4 nitrogen and oxygen atoms in total. The number of benzene rings is 1. The number of aliphatic hydroxyl groups is 1. The normalized spacial score (nSPS) is 12.6. The first-order chi connectivity index (χ1) is 9.02. The zero-order valence-electron chi connectivity index (χ0n) is 11.0. The predicted octanol–water partition coefficient (Wildman–Crippen LogP) is 1.30. The third kappa shape index (κ3) is 5.63. The second kappa shape index (κ2) is 7.66. The topological polar surface area (TPSA) is 49.8 Å². The molecule has 1 unspecified atom stereocenters. The van der Waals surface area contributed by atoms with Gasteiger partial charge in [0.15, 0.2) is 0 Å². The number of methoxy groups -OCH3 is 1. The Labute approximate surface area is 112 Å². The van der Waals surface area contributed by atoms with Gasteiger partial charge >= 0.3 is 0 Å². The quantitative estimate of drug-likeness (QED) is 0.790. The lowest BCUT2D eigenvalue weighted by Gasteiger charge is -2.18. The average molecular weight is 267 g/mol. The fourth-order valence-corrected chi connectivity index (χ4v) is 1.56. The van der Waals surface area contributed by atoms with Gasteiger partial charge in [0.05, 0.1) is 12.7 Å². The molecule has 0 heterocycles. The van der Waals surface area contributed by atoms with Gasteiger partial charge in [-0.15, -0.1) is 0 Å². The average Bonchev–Trinajstić information content (AvgIpc) is 2.36. The van der Waals surface area contributed by atoms with Crippen molar-refractivity contribution in [3.8, 4) is 0 Å². The summed E-state index contributed by atoms with van der Waals surface area (Å²) in [7, 11) is 3.06. The lowest BCUT2D eigenvalue weighted by Crippen LogP contribution is -2.35. The number of carbonyl (C=O) groups excluding carboxylic acids is 1. The Hall–Kier alpha value is -1.72. The first-order valence-electron chi connectivity index (χ1n) is 5.88. The van der Waals surface area contributed by atoms with E-state index >= 15 is 0 Å². The molecule has 0 radical (unpaired) electrons. The van der Waals surface area contributed by atoms with Gasteiger partial charge in [0.2, 0.25) is 5.91 Å². The first kappa shape index (κ1) is 15.3. The Balaban J connectivity index is 2.54. The van der Waals surface area contributed by atoms with Crippen molar-refractivity contribution in [2.75, 3.05) is 27.3 Å². The zero-order chi connectivity index (χ0) is 14.3. The Morgan fingerprint density at radius 3 is 2.95 bits per heavy atom. The van der Waals surface area contributed by atoms with E-state index in [0.29, 0.717) is 5.56 Å². The molecule has 0 saturated carbocycles. The summed E-state index contributed by atoms with van der Waals surface area (Å²) >= 11 is 0. The van der Waals surface area contributed by atoms with Gasteiger partial charge in [-0.25, -0.2) is 4.39 Å². The van der Waals surface area contributed by atoms with Crippen LogP contribution in [0.4, 0.5) is 4.39 Å². The second-order valence-electron chi connectivity index (χ2n) is 4.22. The molecule has 0 spiro atoms. The number of halogens is 1. The van der Waals surface area contributed by atoms with Crippen LogP contribution in [-0.4, -0.2) is 49.3 Å². The summed E-state index contributed by atoms with van der Waals surface area (Å²) in [6.45, 7) is 0.353. The zero-order valence-corrected chi connectivity index (χ0v) is 11.0. The molecule has 1 amide bonds. The monoisotopic (exact) mass is 267 g/mol. The number of rotatable bonds is 6. The summed E-state index contributed by atoms with van der Waals surface area (Å²) in [5.74, 6) is -0.613. The number of carbonyl (C=O) groups is 1. The predicted molar refractivity (Wildman–Crippen MR) is 71.0 cm³/mol. The third-order valence-corrected chi connectivity index (χ3v) is 2.49. The van der Waals surface area contributed by atoms with E-state index in [0.717, 1.165) is 0 Å². The Morgan fingerprint density at radius 1 is 1.58 bits per heavy atom. The van der Waals surface area contributed by atoms with Crippen LogP contribution in [0, 0.1) is 5.82 Å². The fraction of sp³-hybridized carbons (Fsp3) is 0.357. The molecule has 5 heteroatoms. The molecular weight excluding hydrogens is 249 g/mol. The van der Waals surface area contributed by atoms with Crippen LogP contribution in [0.25, 0.3) is 6.08 Å². The summed E-state index contributed by atoms with van der Waals surface area (Å²) in [5.41, 5.74) is 0.610. The van der Waals surface area contributed by atoms with E-state index in [1.807, 2.05) is 0 Å². The first-order valence-corrected chi connectivity index (χ1v) is 5.88. The van der Waals surface area contributed by atoms with Crippen molar-refractivity contribution >= 4 is 12.0 Å². The maximum atomic E-state index is 12.9. The van der Waals surface area contributed by atoms with Crippen molar-refractivity contribution in [3.63, 3.8) is 0 Å². The number of likely N-dealkylation sites (N-methyl/N-ethyl adjacent to an activating group) is 1. The SMILES string of the molecule is COCC(O)CN(C)C(=O)/C=C/c1cccc(F)c1. The van der Waals surface area contributed by atoms with Crippen LogP contribution in [0.5, 0.6) is 0 Å². The number of ether oxygens (including phenoxy) is 1. The van der Waals surface area contributed by atoms with Gasteiger partial charge in [-0.3, -0.25) is 4.79 Å². The van der Waals surface area contributed by atoms with Crippen molar-refractivity contribution in [1.29, 1.82) is 0 Å². The van der Waals surface area contributed by atoms with Crippen molar-refractivity contribution in [1.82, 2.24) is 4.90 Å². The number of aliphatic hydroxyl groups excluding tert-OH is 1. The Kier molecular flexibility index (Phi) is 6.18. The molecule has 19 heavy (non-hydrogen) atoms. The minimum Gasteiger partial charge on any atom is -0.389 e. The second-order valence-corrected chi connectivity index (χ2v) is 4.22. The van der Waals surface area contributed by atoms with Gasteiger partial charge < -0.3 is 14.7 Å². The summed E-state index contributed by atoms with van der Waals surface area (Å²) < 4.78 is 17.7. The van der Waals surface area contributed by atoms with Crippen LogP contribution in [0.2, 0.25) is 0 Å². The highest BCUT2D eigenvalue weighted by Crippen LogP contribution is 2.05. The van der Waals surface area contributed by atoms with Gasteiger partial charge in [0, 0.05) is 26.8 Å². The summed E-state index contributed by atoms with van der Waals surface area (Å²) in [5, 5.41) is 9.50. The van der Waals surface area contributed by atoms with Crippen LogP contribution in [0.3, 0.4) is 0 Å². The van der Waals surface area contributed by atoms with Crippen molar-refractivity contribution in [3.05, 3.63) is 41.7 Å². The molecule has 0 fully saturated rings. The maximum Gasteiger partial charge on any atom is 0.246 e. The van der Waals surface area contributed by atoms with E-state index in [9.17, 15) is 14.3 Å². The van der Waals surface area contributed by atoms with Crippen molar-refractivity contribution in [2.24, 2.45) is 0 Å². The van der Waals surface area contributed by atoms with E-state index in [1.54, 1.807) is 19.2 Å². The molecule has 1 atom stereocenters. The van der Waals surface area contributed by atoms with Crippen LogP contribution in [-0.2, 0) is 9.53 Å². The minimum absolute atomic E-state index is 0.172. The van der Waals surface area contributed by atoms with Gasteiger partial charge in [0.1, 0.15) is 5.82 Å². The Morgan fingerprint density at radius 2 is 2.32 bits per heavy atom. The fourth-order valence-electron chi connectivity index (χ4n) is 1.56. The molecule has 104 valence electrons.